The topological polar surface area (TPSA) is 74.5 Å². The van der Waals surface area contributed by atoms with Gasteiger partial charge in [0.15, 0.2) is 5.82 Å². The van der Waals surface area contributed by atoms with Gasteiger partial charge in [-0.05, 0) is 14.0 Å². The number of nitrogens with one attached hydrogen (secondary N) is 1. The normalized spacial score (nSPS) is 18.6. The zero-order chi connectivity index (χ0) is 15.2. The highest BCUT2D eigenvalue weighted by Gasteiger charge is 2.18. The second kappa shape index (κ2) is 7.51. The predicted molar refractivity (Wildman–Crippen MR) is 78.8 cm³/mol. The summed E-state index contributed by atoms with van der Waals surface area (Å²) < 4.78 is 5.13. The Morgan fingerprint density at radius 2 is 2.10 bits per heavy atom. The van der Waals surface area contributed by atoms with E-state index in [1.165, 1.54) is 0 Å². The van der Waals surface area contributed by atoms with Gasteiger partial charge >= 0.3 is 0 Å². The number of hydrogen-bond donors (Lipinski definition) is 1. The van der Waals surface area contributed by atoms with E-state index in [0.717, 1.165) is 39.1 Å². The molecular weight excluding hydrogens is 270 g/mol. The standard InChI is InChI=1S/C14H25N5O2/c1-4-12-16-14(21-17-12)11(2)15-13(20)5-6-19-9-7-18(3)8-10-19/h11H,4-10H2,1-3H3,(H,15,20)/t11-/m0/s1. The monoisotopic (exact) mass is 295 g/mol. The fraction of sp³-hybridized carbons (Fsp3) is 0.786. The van der Waals surface area contributed by atoms with Gasteiger partial charge < -0.3 is 19.6 Å². The van der Waals surface area contributed by atoms with Gasteiger partial charge in [0, 0.05) is 45.6 Å². The van der Waals surface area contributed by atoms with Crippen LogP contribution in [0.15, 0.2) is 4.52 Å². The molecule has 118 valence electrons. The summed E-state index contributed by atoms with van der Waals surface area (Å²) in [6, 6.07) is -0.238. The van der Waals surface area contributed by atoms with Crippen molar-refractivity contribution in [1.29, 1.82) is 0 Å². The van der Waals surface area contributed by atoms with E-state index in [0.29, 0.717) is 18.1 Å². The lowest BCUT2D eigenvalue weighted by Gasteiger charge is -2.32. The lowest BCUT2D eigenvalue weighted by atomic mass is 10.2. The summed E-state index contributed by atoms with van der Waals surface area (Å²) in [5.41, 5.74) is 0. The van der Waals surface area contributed by atoms with Crippen LogP contribution in [0.25, 0.3) is 0 Å². The van der Waals surface area contributed by atoms with E-state index in [4.69, 9.17) is 4.52 Å². The van der Waals surface area contributed by atoms with Crippen molar-refractivity contribution < 1.29 is 9.32 Å². The minimum Gasteiger partial charge on any atom is -0.345 e. The van der Waals surface area contributed by atoms with E-state index in [2.05, 4.69) is 32.3 Å². The third kappa shape index (κ3) is 4.78. The third-order valence-corrected chi connectivity index (χ3v) is 3.80. The van der Waals surface area contributed by atoms with Crippen LogP contribution >= 0.6 is 0 Å². The second-order valence-electron chi connectivity index (χ2n) is 5.59. The molecule has 0 aliphatic carbocycles. The number of likely N-dealkylation sites (N-methyl/N-ethyl adjacent to an activating group) is 1. The number of carbonyl (C=O) groups is 1. The Labute approximate surface area is 125 Å². The number of aromatic nitrogens is 2. The molecule has 0 unspecified atom stereocenters. The molecule has 0 spiro atoms. The van der Waals surface area contributed by atoms with Crippen LogP contribution in [0.3, 0.4) is 0 Å². The van der Waals surface area contributed by atoms with Gasteiger partial charge in [0.2, 0.25) is 11.8 Å². The fourth-order valence-corrected chi connectivity index (χ4v) is 2.29. The van der Waals surface area contributed by atoms with Crippen LogP contribution in [0.5, 0.6) is 0 Å². The third-order valence-electron chi connectivity index (χ3n) is 3.80. The summed E-state index contributed by atoms with van der Waals surface area (Å²) >= 11 is 0. The summed E-state index contributed by atoms with van der Waals surface area (Å²) in [7, 11) is 2.13. The van der Waals surface area contributed by atoms with E-state index in [-0.39, 0.29) is 11.9 Å². The quantitative estimate of drug-likeness (QED) is 0.821. The largest absolute Gasteiger partial charge is 0.345 e. The van der Waals surface area contributed by atoms with Gasteiger partial charge in [0.25, 0.3) is 0 Å². The maximum atomic E-state index is 12.0. The van der Waals surface area contributed by atoms with Crippen LogP contribution in [0, 0.1) is 0 Å². The zero-order valence-electron chi connectivity index (χ0n) is 13.1. The highest BCUT2D eigenvalue weighted by molar-refractivity contribution is 5.76. The molecule has 1 atom stereocenters. The van der Waals surface area contributed by atoms with Crippen molar-refractivity contribution >= 4 is 5.91 Å². The van der Waals surface area contributed by atoms with Gasteiger partial charge in [0.1, 0.15) is 6.04 Å². The molecule has 0 radical (unpaired) electrons. The molecule has 1 N–H and O–H groups in total. The Balaban J connectivity index is 1.71. The van der Waals surface area contributed by atoms with Gasteiger partial charge in [-0.15, -0.1) is 0 Å². The lowest BCUT2D eigenvalue weighted by Crippen LogP contribution is -2.45. The van der Waals surface area contributed by atoms with E-state index >= 15 is 0 Å². The van der Waals surface area contributed by atoms with Crippen molar-refractivity contribution in [3.63, 3.8) is 0 Å². The fourth-order valence-electron chi connectivity index (χ4n) is 2.29. The Morgan fingerprint density at radius 3 is 2.71 bits per heavy atom. The van der Waals surface area contributed by atoms with Crippen LogP contribution in [0.4, 0.5) is 0 Å². The average molecular weight is 295 g/mol. The molecule has 1 aliphatic heterocycles. The Bertz CT molecular complexity index is 454. The number of hydrogen-bond acceptors (Lipinski definition) is 6. The van der Waals surface area contributed by atoms with Gasteiger partial charge in [-0.3, -0.25) is 4.79 Å². The molecule has 21 heavy (non-hydrogen) atoms. The number of rotatable bonds is 6. The first-order chi connectivity index (χ1) is 10.1. The minimum atomic E-state index is -0.238. The van der Waals surface area contributed by atoms with Crippen LogP contribution in [0.2, 0.25) is 0 Å². The second-order valence-corrected chi connectivity index (χ2v) is 5.59. The average Bonchev–Trinajstić information content (AvgIpc) is 2.96. The zero-order valence-corrected chi connectivity index (χ0v) is 13.1. The molecule has 1 aliphatic rings. The molecule has 1 fully saturated rings. The van der Waals surface area contributed by atoms with Gasteiger partial charge in [-0.2, -0.15) is 4.98 Å². The SMILES string of the molecule is CCc1noc([C@H](C)NC(=O)CCN2CCN(C)CC2)n1. The van der Waals surface area contributed by atoms with Gasteiger partial charge in [-0.25, -0.2) is 0 Å². The molecule has 1 aromatic heterocycles. The molecule has 2 rings (SSSR count). The van der Waals surface area contributed by atoms with Crippen molar-refractivity contribution in [2.75, 3.05) is 39.8 Å². The van der Waals surface area contributed by atoms with Crippen molar-refractivity contribution in [3.05, 3.63) is 11.7 Å². The summed E-state index contributed by atoms with van der Waals surface area (Å²) in [6.07, 6.45) is 1.23. The van der Waals surface area contributed by atoms with E-state index in [9.17, 15) is 4.79 Å². The van der Waals surface area contributed by atoms with Crippen molar-refractivity contribution in [2.45, 2.75) is 32.7 Å². The number of piperazine rings is 1. The molecule has 0 saturated carbocycles. The number of nitrogens with zero attached hydrogens (tertiary/aromatic N) is 4. The van der Waals surface area contributed by atoms with Crippen LogP contribution in [-0.4, -0.2) is 65.6 Å². The number of carbonyl (C=O) groups excluding carboxylic acids is 1. The highest BCUT2D eigenvalue weighted by atomic mass is 16.5. The molecular formula is C14H25N5O2. The summed E-state index contributed by atoms with van der Waals surface area (Å²) in [6.45, 7) is 8.83. The lowest BCUT2D eigenvalue weighted by molar-refractivity contribution is -0.122. The summed E-state index contributed by atoms with van der Waals surface area (Å²) in [5.74, 6) is 1.17. The molecule has 0 bridgehead atoms. The molecule has 2 heterocycles. The first-order valence-corrected chi connectivity index (χ1v) is 7.61. The molecule has 1 aromatic rings. The Hall–Kier alpha value is -1.47. The maximum absolute atomic E-state index is 12.0. The van der Waals surface area contributed by atoms with Gasteiger partial charge in [-0.1, -0.05) is 12.1 Å². The summed E-state index contributed by atoms with van der Waals surface area (Å²) in [4.78, 5) is 20.8. The molecule has 1 amide bonds. The minimum absolute atomic E-state index is 0.0256. The van der Waals surface area contributed by atoms with E-state index in [1.807, 2.05) is 13.8 Å². The van der Waals surface area contributed by atoms with Gasteiger partial charge in [0.05, 0.1) is 0 Å². The van der Waals surface area contributed by atoms with E-state index in [1.54, 1.807) is 0 Å². The first kappa shape index (κ1) is 15.9. The molecule has 1 saturated heterocycles. The van der Waals surface area contributed by atoms with Crippen molar-refractivity contribution in [3.8, 4) is 0 Å². The predicted octanol–water partition coefficient (Wildman–Crippen LogP) is 0.447. The Morgan fingerprint density at radius 1 is 1.38 bits per heavy atom. The van der Waals surface area contributed by atoms with E-state index < -0.39 is 0 Å². The number of amides is 1. The number of aryl methyl sites for hydroxylation is 1. The van der Waals surface area contributed by atoms with Crippen LogP contribution in [0.1, 0.15) is 38.0 Å². The molecule has 7 heteroatoms. The molecule has 0 aromatic carbocycles. The smallest absolute Gasteiger partial charge is 0.248 e. The highest BCUT2D eigenvalue weighted by Crippen LogP contribution is 2.10. The summed E-state index contributed by atoms with van der Waals surface area (Å²) in [5, 5.41) is 6.75. The van der Waals surface area contributed by atoms with Crippen LogP contribution < -0.4 is 5.32 Å². The van der Waals surface area contributed by atoms with Crippen molar-refractivity contribution in [1.82, 2.24) is 25.3 Å². The first-order valence-electron chi connectivity index (χ1n) is 7.61. The van der Waals surface area contributed by atoms with Crippen LogP contribution in [-0.2, 0) is 11.2 Å². The maximum Gasteiger partial charge on any atom is 0.248 e. The Kier molecular flexibility index (Phi) is 5.69. The van der Waals surface area contributed by atoms with Crippen molar-refractivity contribution in [2.24, 2.45) is 0 Å². The molecule has 7 nitrogen and oxygen atoms in total.